The van der Waals surface area contributed by atoms with Gasteiger partial charge in [0.2, 0.25) is 0 Å². The smallest absolute Gasteiger partial charge is 0.115 e. The van der Waals surface area contributed by atoms with Crippen LogP contribution in [0.1, 0.15) is 0 Å². The summed E-state index contributed by atoms with van der Waals surface area (Å²) in [5.74, 6) is 0. The minimum absolute atomic E-state index is 0.644. The number of hydrogen-bond acceptors (Lipinski definition) is 5. The second-order valence-corrected chi connectivity index (χ2v) is 7.48. The molecule has 3 heterocycles. The molecule has 27 heavy (non-hydrogen) atoms. The molecule has 6 nitrogen and oxygen atoms in total. The molecule has 0 bridgehead atoms. The van der Waals surface area contributed by atoms with Gasteiger partial charge >= 0.3 is 0 Å². The van der Waals surface area contributed by atoms with Gasteiger partial charge in [-0.3, -0.25) is 9.67 Å². The van der Waals surface area contributed by atoms with Crippen LogP contribution in [0.15, 0.2) is 47.6 Å². The average molecular weight is 360 g/mol. The van der Waals surface area contributed by atoms with Crippen LogP contribution in [-0.4, -0.2) is 54.6 Å². The lowest BCUT2D eigenvalue weighted by atomic mass is 10.2. The highest BCUT2D eigenvalue weighted by molar-refractivity contribution is 5.83. The summed E-state index contributed by atoms with van der Waals surface area (Å²) in [4.78, 5) is 11.9. The van der Waals surface area contributed by atoms with Crippen molar-refractivity contribution < 1.29 is 0 Å². The molecule has 1 fully saturated rings. The molecular weight excluding hydrogens is 336 g/mol. The number of rotatable bonds is 2. The van der Waals surface area contributed by atoms with Gasteiger partial charge in [0.05, 0.1) is 10.9 Å². The molecule has 0 N–H and O–H groups in total. The van der Waals surface area contributed by atoms with E-state index in [0.717, 1.165) is 48.1 Å². The number of benzene rings is 2. The molecule has 5 rings (SSSR count). The van der Waals surface area contributed by atoms with Gasteiger partial charge in [0, 0.05) is 67.6 Å². The molecule has 3 aromatic rings. The number of hydrogen-bond donors (Lipinski definition) is 0. The second-order valence-electron chi connectivity index (χ2n) is 7.48. The Kier molecular flexibility index (Phi) is 3.86. The number of likely N-dealkylation sites (N-methyl/N-ethyl adjacent to an activating group) is 1. The zero-order valence-electron chi connectivity index (χ0n) is 15.8. The maximum atomic E-state index is 4.84. The van der Waals surface area contributed by atoms with Gasteiger partial charge in [-0.05, 0) is 43.4 Å². The summed E-state index contributed by atoms with van der Waals surface area (Å²) in [5.41, 5.74) is 3.45. The van der Waals surface area contributed by atoms with Crippen molar-refractivity contribution in [3.05, 3.63) is 53.2 Å². The van der Waals surface area contributed by atoms with Crippen LogP contribution in [0.4, 0.5) is 11.4 Å². The molecular formula is C21H24N6. The number of nitrogens with zero attached hydrogens (tertiary/aromatic N) is 6. The first kappa shape index (κ1) is 16.3. The van der Waals surface area contributed by atoms with E-state index in [4.69, 9.17) is 4.99 Å². The van der Waals surface area contributed by atoms with E-state index in [0.29, 0.717) is 6.67 Å². The highest BCUT2D eigenvalue weighted by atomic mass is 15.3. The lowest BCUT2D eigenvalue weighted by Gasteiger charge is -2.34. The zero-order chi connectivity index (χ0) is 18.4. The van der Waals surface area contributed by atoms with E-state index in [9.17, 15) is 0 Å². The predicted molar refractivity (Wildman–Crippen MR) is 109 cm³/mol. The van der Waals surface area contributed by atoms with Crippen LogP contribution in [0.3, 0.4) is 0 Å². The van der Waals surface area contributed by atoms with Crippen LogP contribution in [0, 0.1) is 0 Å². The number of aromatic nitrogens is 2. The summed E-state index contributed by atoms with van der Waals surface area (Å²) in [6.07, 6.45) is 4.25. The second kappa shape index (κ2) is 6.39. The van der Waals surface area contributed by atoms with Crippen molar-refractivity contribution in [2.24, 2.45) is 12.0 Å². The summed E-state index contributed by atoms with van der Waals surface area (Å²) >= 11 is 0. The Morgan fingerprint density at radius 1 is 0.889 bits per heavy atom. The maximum absolute atomic E-state index is 4.84. The van der Waals surface area contributed by atoms with E-state index in [1.165, 1.54) is 10.9 Å². The molecule has 1 saturated heterocycles. The molecule has 0 aliphatic carbocycles. The van der Waals surface area contributed by atoms with Gasteiger partial charge in [-0.1, -0.05) is 0 Å². The minimum atomic E-state index is 0.644. The van der Waals surface area contributed by atoms with Crippen molar-refractivity contribution in [3.63, 3.8) is 0 Å². The molecule has 0 radical (unpaired) electrons. The van der Waals surface area contributed by atoms with Crippen LogP contribution in [-0.2, 0) is 7.05 Å². The summed E-state index contributed by atoms with van der Waals surface area (Å²) in [5, 5.41) is 7.86. The molecule has 0 atom stereocenters. The van der Waals surface area contributed by atoms with E-state index in [1.807, 2.05) is 11.7 Å². The topological polar surface area (TPSA) is 39.9 Å². The normalized spacial score (nSPS) is 17.6. The fraction of sp³-hybridized carbons (Fsp3) is 0.333. The molecule has 0 unspecified atom stereocenters. The number of piperazine rings is 1. The lowest BCUT2D eigenvalue weighted by molar-refractivity contribution is 0.313. The van der Waals surface area contributed by atoms with Gasteiger partial charge in [-0.2, -0.15) is 5.10 Å². The fourth-order valence-corrected chi connectivity index (χ4v) is 3.87. The van der Waals surface area contributed by atoms with Crippen molar-refractivity contribution in [2.45, 2.75) is 0 Å². The molecule has 2 aromatic carbocycles. The van der Waals surface area contributed by atoms with Crippen LogP contribution in [0.5, 0.6) is 0 Å². The van der Waals surface area contributed by atoms with Crippen molar-refractivity contribution >= 4 is 28.5 Å². The van der Waals surface area contributed by atoms with Gasteiger partial charge in [0.15, 0.2) is 0 Å². The van der Waals surface area contributed by atoms with Crippen LogP contribution >= 0.6 is 0 Å². The van der Waals surface area contributed by atoms with Gasteiger partial charge in [-0.15, -0.1) is 0 Å². The molecule has 0 amide bonds. The Balaban J connectivity index is 1.44. The van der Waals surface area contributed by atoms with Crippen molar-refractivity contribution in [1.82, 2.24) is 14.7 Å². The maximum Gasteiger partial charge on any atom is 0.115 e. The van der Waals surface area contributed by atoms with Gasteiger partial charge in [0.25, 0.3) is 0 Å². The summed E-state index contributed by atoms with van der Waals surface area (Å²) < 4.78 is 1.86. The number of aryl methyl sites for hydroxylation is 1. The Morgan fingerprint density at radius 2 is 1.70 bits per heavy atom. The minimum Gasteiger partial charge on any atom is -0.369 e. The van der Waals surface area contributed by atoms with Gasteiger partial charge < -0.3 is 14.7 Å². The SMILES string of the molecule is CN1CCN(c2ccc3c(c2)=NCN(c2ccc4nn(C)cc4c2)C=3)CC1. The first-order valence-corrected chi connectivity index (χ1v) is 9.46. The van der Waals surface area contributed by atoms with E-state index < -0.39 is 0 Å². The monoisotopic (exact) mass is 360 g/mol. The fourth-order valence-electron chi connectivity index (χ4n) is 3.87. The van der Waals surface area contributed by atoms with Crippen LogP contribution in [0.25, 0.3) is 17.1 Å². The molecule has 0 saturated carbocycles. The van der Waals surface area contributed by atoms with Crippen LogP contribution in [0.2, 0.25) is 0 Å². The molecule has 0 spiro atoms. The predicted octanol–water partition coefficient (Wildman–Crippen LogP) is 1.16. The Hall–Kier alpha value is -2.86. The van der Waals surface area contributed by atoms with Gasteiger partial charge in [-0.25, -0.2) is 0 Å². The Bertz CT molecular complexity index is 1110. The third kappa shape index (κ3) is 3.06. The zero-order valence-corrected chi connectivity index (χ0v) is 15.8. The average Bonchev–Trinajstić information content (AvgIpc) is 3.07. The van der Waals surface area contributed by atoms with Crippen LogP contribution < -0.4 is 20.4 Å². The van der Waals surface area contributed by atoms with Gasteiger partial charge in [0.1, 0.15) is 6.67 Å². The van der Waals surface area contributed by atoms with E-state index >= 15 is 0 Å². The molecule has 138 valence electrons. The number of anilines is 2. The quantitative estimate of drug-likeness (QED) is 0.688. The lowest BCUT2D eigenvalue weighted by Crippen LogP contribution is -2.45. The number of fused-ring (bicyclic) bond motifs is 2. The standard InChI is InChI=1S/C21H24N6/c1-24-7-9-26(10-8-24)19-4-3-16-14-27(15-22-21(16)12-19)18-5-6-20-17(11-18)13-25(2)23-20/h3-6,11-14H,7-10,15H2,1-2H3. The highest BCUT2D eigenvalue weighted by Gasteiger charge is 2.15. The molecule has 6 heteroatoms. The molecule has 2 aliphatic rings. The first-order chi connectivity index (χ1) is 13.2. The van der Waals surface area contributed by atoms with Crippen molar-refractivity contribution in [3.8, 4) is 0 Å². The Morgan fingerprint density at radius 3 is 2.56 bits per heavy atom. The summed E-state index contributed by atoms with van der Waals surface area (Å²) in [6, 6.07) is 13.0. The van der Waals surface area contributed by atoms with E-state index in [2.05, 4.69) is 75.6 Å². The van der Waals surface area contributed by atoms with Crippen molar-refractivity contribution in [1.29, 1.82) is 0 Å². The molecule has 1 aromatic heterocycles. The Labute approximate surface area is 158 Å². The summed E-state index contributed by atoms with van der Waals surface area (Å²) in [7, 11) is 4.14. The highest BCUT2D eigenvalue weighted by Crippen LogP contribution is 2.22. The molecule has 2 aliphatic heterocycles. The third-order valence-electron chi connectivity index (χ3n) is 5.50. The summed E-state index contributed by atoms with van der Waals surface area (Å²) in [6.45, 7) is 5.04. The largest absolute Gasteiger partial charge is 0.369 e. The van der Waals surface area contributed by atoms with E-state index in [1.54, 1.807) is 0 Å². The van der Waals surface area contributed by atoms with E-state index in [-0.39, 0.29) is 0 Å². The first-order valence-electron chi connectivity index (χ1n) is 9.46. The van der Waals surface area contributed by atoms with Crippen molar-refractivity contribution in [2.75, 3.05) is 49.7 Å². The third-order valence-corrected chi connectivity index (χ3v) is 5.50.